The number of fused-ring (bicyclic) bond motifs is 1. The predicted octanol–water partition coefficient (Wildman–Crippen LogP) is 3.60. The van der Waals surface area contributed by atoms with Crippen molar-refractivity contribution in [3.8, 4) is 17.2 Å². The van der Waals surface area contributed by atoms with Gasteiger partial charge < -0.3 is 19.9 Å². The third kappa shape index (κ3) is 4.71. The molecule has 0 saturated carbocycles. The monoisotopic (exact) mass is 527 g/mol. The second-order valence-corrected chi connectivity index (χ2v) is 9.62. The summed E-state index contributed by atoms with van der Waals surface area (Å²) in [7, 11) is 3.05. The summed E-state index contributed by atoms with van der Waals surface area (Å²) in [6.07, 6.45) is 1.69. The quantitative estimate of drug-likeness (QED) is 0.399. The number of thiazole rings is 1. The van der Waals surface area contributed by atoms with Crippen molar-refractivity contribution in [3.05, 3.63) is 115 Å². The highest BCUT2D eigenvalue weighted by atomic mass is 32.1. The molecular weight excluding hydrogens is 502 g/mol. The lowest BCUT2D eigenvalue weighted by molar-refractivity contribution is -0.113. The Kier molecular flexibility index (Phi) is 6.85. The summed E-state index contributed by atoms with van der Waals surface area (Å²) in [6.45, 7) is 1.77. The minimum Gasteiger partial charge on any atom is -0.504 e. The van der Waals surface area contributed by atoms with Crippen LogP contribution >= 0.6 is 11.3 Å². The number of carbonyl (C=O) groups excluding carboxylic acids is 1. The van der Waals surface area contributed by atoms with Gasteiger partial charge in [0, 0.05) is 5.69 Å². The van der Waals surface area contributed by atoms with E-state index in [1.165, 1.54) is 24.5 Å². The number of phenolic OH excluding ortho intramolecular Hbond substituents is 1. The SMILES string of the molecule is COc1ccc([C@H]2C(C(=O)Nc3ccccc3)=C(C)N=c3s/c(=C/c4ccc(OC)c(O)c4)c(=O)n32)cc1. The summed E-state index contributed by atoms with van der Waals surface area (Å²) in [6, 6.07) is 20.6. The van der Waals surface area contributed by atoms with Gasteiger partial charge in [0.05, 0.1) is 36.1 Å². The van der Waals surface area contributed by atoms with Crippen molar-refractivity contribution < 1.29 is 19.4 Å². The molecular formula is C29H25N3O5S. The van der Waals surface area contributed by atoms with E-state index in [1.54, 1.807) is 61.1 Å². The normalized spacial score (nSPS) is 15.0. The zero-order chi connectivity index (χ0) is 26.8. The highest BCUT2D eigenvalue weighted by molar-refractivity contribution is 7.07. The highest BCUT2D eigenvalue weighted by Crippen LogP contribution is 2.32. The Balaban J connectivity index is 1.66. The van der Waals surface area contributed by atoms with Gasteiger partial charge in [-0.2, -0.15) is 0 Å². The van der Waals surface area contributed by atoms with Crippen LogP contribution < -0.4 is 29.7 Å². The Bertz CT molecular complexity index is 1720. The van der Waals surface area contributed by atoms with Crippen LogP contribution in [0.1, 0.15) is 24.1 Å². The average Bonchev–Trinajstić information content (AvgIpc) is 3.22. The molecule has 5 rings (SSSR count). The van der Waals surface area contributed by atoms with Crippen LogP contribution in [0.5, 0.6) is 17.2 Å². The molecule has 0 saturated heterocycles. The van der Waals surface area contributed by atoms with Gasteiger partial charge >= 0.3 is 0 Å². The van der Waals surface area contributed by atoms with Crippen LogP contribution in [0.2, 0.25) is 0 Å². The smallest absolute Gasteiger partial charge is 0.271 e. The third-order valence-electron chi connectivity index (χ3n) is 6.23. The van der Waals surface area contributed by atoms with E-state index in [2.05, 4.69) is 10.3 Å². The number of para-hydroxylation sites is 1. The molecule has 38 heavy (non-hydrogen) atoms. The minimum atomic E-state index is -0.702. The molecule has 1 atom stereocenters. The number of nitrogens with one attached hydrogen (secondary N) is 1. The van der Waals surface area contributed by atoms with Crippen molar-refractivity contribution in [1.82, 2.24) is 4.57 Å². The second kappa shape index (κ2) is 10.4. The second-order valence-electron chi connectivity index (χ2n) is 8.61. The predicted molar refractivity (Wildman–Crippen MR) is 146 cm³/mol. The third-order valence-corrected chi connectivity index (χ3v) is 7.21. The van der Waals surface area contributed by atoms with Gasteiger partial charge in [0.25, 0.3) is 11.5 Å². The van der Waals surface area contributed by atoms with Crippen molar-refractivity contribution >= 4 is 29.0 Å². The molecule has 0 unspecified atom stereocenters. The number of ether oxygens (including phenoxy) is 2. The zero-order valence-electron chi connectivity index (χ0n) is 21.0. The molecule has 2 N–H and O–H groups in total. The van der Waals surface area contributed by atoms with Crippen LogP contribution in [0, 0.1) is 0 Å². The molecule has 0 spiro atoms. The topological polar surface area (TPSA) is 102 Å². The van der Waals surface area contributed by atoms with Gasteiger partial charge in [-0.05, 0) is 60.5 Å². The Morgan fingerprint density at radius 3 is 2.45 bits per heavy atom. The first-order valence-electron chi connectivity index (χ1n) is 11.8. The Hall–Kier alpha value is -4.63. The first kappa shape index (κ1) is 25.0. The highest BCUT2D eigenvalue weighted by Gasteiger charge is 2.32. The van der Waals surface area contributed by atoms with E-state index in [4.69, 9.17) is 9.47 Å². The van der Waals surface area contributed by atoms with Gasteiger partial charge in [0.1, 0.15) is 5.75 Å². The van der Waals surface area contributed by atoms with Gasteiger partial charge in [-0.15, -0.1) is 0 Å². The van der Waals surface area contributed by atoms with E-state index in [1.807, 2.05) is 30.3 Å². The van der Waals surface area contributed by atoms with Gasteiger partial charge in [-0.1, -0.05) is 47.7 Å². The summed E-state index contributed by atoms with van der Waals surface area (Å²) in [4.78, 5) is 32.5. The van der Waals surface area contributed by atoms with Crippen LogP contribution in [0.15, 0.2) is 93.9 Å². The Labute approximate surface area is 222 Å². The maximum Gasteiger partial charge on any atom is 0.271 e. The summed E-state index contributed by atoms with van der Waals surface area (Å²) in [5.74, 6) is 0.637. The summed E-state index contributed by atoms with van der Waals surface area (Å²) in [5, 5.41) is 13.1. The van der Waals surface area contributed by atoms with Crippen molar-refractivity contribution in [1.29, 1.82) is 0 Å². The standard InChI is InChI=1S/C29H25N3O5S/c1-17-25(27(34)31-20-7-5-4-6-8-20)26(19-10-12-21(36-2)13-11-19)32-28(35)24(38-29(32)30-17)16-18-9-14-23(37-3)22(33)15-18/h4-16,26,33H,1-3H3,(H,31,34)/b24-16+/t26-/m0/s1. The molecule has 1 aliphatic heterocycles. The number of rotatable bonds is 6. The lowest BCUT2D eigenvalue weighted by Crippen LogP contribution is -2.40. The van der Waals surface area contributed by atoms with E-state index in [0.29, 0.717) is 43.4 Å². The minimum absolute atomic E-state index is 0.0270. The van der Waals surface area contributed by atoms with E-state index < -0.39 is 6.04 Å². The number of hydrogen-bond donors (Lipinski definition) is 2. The molecule has 3 aromatic carbocycles. The number of hydrogen-bond acceptors (Lipinski definition) is 7. The molecule has 0 fully saturated rings. The number of benzene rings is 3. The van der Waals surface area contributed by atoms with E-state index in [9.17, 15) is 14.7 Å². The molecule has 0 radical (unpaired) electrons. The molecule has 1 amide bonds. The lowest BCUT2D eigenvalue weighted by Gasteiger charge is -2.25. The fraction of sp³-hybridized carbons (Fsp3) is 0.138. The van der Waals surface area contributed by atoms with Crippen molar-refractivity contribution in [2.45, 2.75) is 13.0 Å². The van der Waals surface area contributed by atoms with Crippen LogP contribution in [-0.2, 0) is 4.79 Å². The zero-order valence-corrected chi connectivity index (χ0v) is 21.8. The molecule has 192 valence electrons. The average molecular weight is 528 g/mol. The number of phenols is 1. The summed E-state index contributed by atoms with van der Waals surface area (Å²) < 4.78 is 12.4. The van der Waals surface area contributed by atoms with Crippen LogP contribution in [0.25, 0.3) is 6.08 Å². The van der Waals surface area contributed by atoms with Gasteiger partial charge in [0.2, 0.25) is 0 Å². The fourth-order valence-electron chi connectivity index (χ4n) is 4.38. The van der Waals surface area contributed by atoms with Gasteiger partial charge in [0.15, 0.2) is 16.3 Å². The van der Waals surface area contributed by atoms with Crippen LogP contribution in [0.3, 0.4) is 0 Å². The van der Waals surface area contributed by atoms with E-state index >= 15 is 0 Å². The summed E-state index contributed by atoms with van der Waals surface area (Å²) in [5.41, 5.74) is 2.63. The maximum absolute atomic E-state index is 13.8. The number of aromatic nitrogens is 1. The molecule has 1 aliphatic rings. The molecule has 2 heterocycles. The van der Waals surface area contributed by atoms with Gasteiger partial charge in [-0.25, -0.2) is 4.99 Å². The van der Waals surface area contributed by atoms with Crippen LogP contribution in [0.4, 0.5) is 5.69 Å². The van der Waals surface area contributed by atoms with Crippen LogP contribution in [-0.4, -0.2) is 29.8 Å². The van der Waals surface area contributed by atoms with E-state index in [-0.39, 0.29) is 17.2 Å². The van der Waals surface area contributed by atoms with E-state index in [0.717, 1.165) is 5.56 Å². The number of carbonyl (C=O) groups is 1. The molecule has 9 heteroatoms. The fourth-order valence-corrected chi connectivity index (χ4v) is 5.43. The molecule has 4 aromatic rings. The summed E-state index contributed by atoms with van der Waals surface area (Å²) >= 11 is 1.22. The van der Waals surface area contributed by atoms with Crippen molar-refractivity contribution in [3.63, 3.8) is 0 Å². The first-order valence-corrected chi connectivity index (χ1v) is 12.6. The number of allylic oxidation sites excluding steroid dienone is 1. The van der Waals surface area contributed by atoms with Gasteiger partial charge in [-0.3, -0.25) is 14.2 Å². The number of anilines is 1. The molecule has 0 bridgehead atoms. The molecule has 8 nitrogen and oxygen atoms in total. The number of amides is 1. The number of aromatic hydroxyl groups is 1. The lowest BCUT2D eigenvalue weighted by atomic mass is 9.95. The molecule has 1 aromatic heterocycles. The Morgan fingerprint density at radius 2 is 1.79 bits per heavy atom. The maximum atomic E-state index is 13.8. The Morgan fingerprint density at radius 1 is 1.05 bits per heavy atom. The number of nitrogens with zero attached hydrogens (tertiary/aromatic N) is 2. The number of methoxy groups -OCH3 is 2. The van der Waals surface area contributed by atoms with Crippen molar-refractivity contribution in [2.75, 3.05) is 19.5 Å². The molecule has 0 aliphatic carbocycles. The largest absolute Gasteiger partial charge is 0.504 e. The first-order chi connectivity index (χ1) is 18.4. The van der Waals surface area contributed by atoms with Crippen molar-refractivity contribution in [2.24, 2.45) is 4.99 Å².